The molecule has 41 heavy (non-hydrogen) atoms. The molecule has 0 fully saturated rings. The monoisotopic (exact) mass is 662 g/mol. The fraction of sp³-hybridized carbons (Fsp3) is 0.448. The second-order valence-electron chi connectivity index (χ2n) is 7.50. The predicted molar refractivity (Wildman–Crippen MR) is 165 cm³/mol. The molecule has 0 amide bonds. The van der Waals surface area contributed by atoms with Crippen molar-refractivity contribution in [1.82, 2.24) is 5.32 Å². The largest absolute Gasteiger partial charge is 0.466 e. The molecule has 0 aliphatic heterocycles. The molecule has 0 radical (unpaired) electrons. The zero-order valence-corrected chi connectivity index (χ0v) is 25.4. The molecule has 232 valence electrons. The minimum absolute atomic E-state index is 0. The van der Waals surface area contributed by atoms with Crippen LogP contribution in [0, 0.1) is 0 Å². The number of hydrogen-bond acceptors (Lipinski definition) is 10. The van der Waals surface area contributed by atoms with Gasteiger partial charge in [-0.25, -0.2) is 0 Å². The highest BCUT2D eigenvalue weighted by Crippen LogP contribution is 2.01. The van der Waals surface area contributed by atoms with Crippen molar-refractivity contribution in [2.45, 2.75) is 47.3 Å². The second kappa shape index (κ2) is 30.0. The zero-order chi connectivity index (χ0) is 29.1. The van der Waals surface area contributed by atoms with Crippen LogP contribution in [0.1, 0.15) is 45.2 Å². The molecular weight excluding hydrogens is 620 g/mol. The maximum Gasteiger partial charge on any atom is 0.320 e. The van der Waals surface area contributed by atoms with E-state index in [9.17, 15) is 19.2 Å². The maximum atomic E-state index is 11.4. The first-order chi connectivity index (χ1) is 18.9. The molecule has 0 aromatic heterocycles. The highest BCUT2D eigenvalue weighted by molar-refractivity contribution is 9.09. The van der Waals surface area contributed by atoms with Gasteiger partial charge in [-0.3, -0.25) is 19.2 Å². The van der Waals surface area contributed by atoms with Crippen LogP contribution in [0.4, 0.5) is 0 Å². The fourth-order valence-electron chi connectivity index (χ4n) is 2.53. The standard InChI is InChI=1S/C14H19NO4.C9H9BrO2.C5H11NO2.CH4.ClH/c1-2-18-13(16)8-9-15-10-14(17)19-11-12-6-4-3-5-7-12;10-6-9(11)12-7-8-4-2-1-3-5-8;1-2-8-5(7)3-4-6;;/h3-7,15H,2,8-11H2,1H3;1-5H,6-7H2;2-4,6H2,1H3;1H4;1H. The van der Waals surface area contributed by atoms with E-state index in [4.69, 9.17) is 19.9 Å². The first-order valence-corrected chi connectivity index (χ1v) is 13.6. The van der Waals surface area contributed by atoms with E-state index in [0.717, 1.165) is 11.1 Å². The minimum Gasteiger partial charge on any atom is -0.466 e. The summed E-state index contributed by atoms with van der Waals surface area (Å²) in [5, 5.41) is 3.09. The van der Waals surface area contributed by atoms with Crippen LogP contribution in [-0.2, 0) is 51.3 Å². The molecule has 10 nitrogen and oxygen atoms in total. The van der Waals surface area contributed by atoms with Crippen LogP contribution in [0.3, 0.4) is 0 Å². The van der Waals surface area contributed by atoms with Gasteiger partial charge in [0.15, 0.2) is 0 Å². The Morgan fingerprint density at radius 3 is 1.56 bits per heavy atom. The first kappa shape index (κ1) is 42.5. The first-order valence-electron chi connectivity index (χ1n) is 12.5. The number of carbonyl (C=O) groups is 4. The van der Waals surface area contributed by atoms with Gasteiger partial charge >= 0.3 is 23.9 Å². The van der Waals surface area contributed by atoms with Crippen molar-refractivity contribution in [3.05, 3.63) is 71.8 Å². The highest BCUT2D eigenvalue weighted by atomic mass is 79.9. The second-order valence-corrected chi connectivity index (χ2v) is 8.06. The number of esters is 4. The molecule has 0 aliphatic rings. The summed E-state index contributed by atoms with van der Waals surface area (Å²) in [6.45, 7) is 5.83. The van der Waals surface area contributed by atoms with Gasteiger partial charge in [-0.1, -0.05) is 84.0 Å². The van der Waals surface area contributed by atoms with Gasteiger partial charge in [0.05, 0.1) is 32.6 Å². The fourth-order valence-corrected chi connectivity index (χ4v) is 2.69. The van der Waals surface area contributed by atoms with Crippen molar-refractivity contribution < 1.29 is 38.1 Å². The molecule has 2 aromatic carbocycles. The van der Waals surface area contributed by atoms with Crippen molar-refractivity contribution in [2.75, 3.05) is 38.2 Å². The summed E-state index contributed by atoms with van der Waals surface area (Å²) >= 11 is 3.01. The number of halogens is 2. The van der Waals surface area contributed by atoms with Crippen LogP contribution >= 0.6 is 28.3 Å². The molecule has 0 bridgehead atoms. The Balaban J connectivity index is -0.000000566. The van der Waals surface area contributed by atoms with Gasteiger partial charge < -0.3 is 30.0 Å². The van der Waals surface area contributed by atoms with E-state index in [1.807, 2.05) is 60.7 Å². The minimum atomic E-state index is -0.340. The third-order valence-electron chi connectivity index (χ3n) is 4.33. The van der Waals surface area contributed by atoms with Gasteiger partial charge in [-0.15, -0.1) is 12.4 Å². The van der Waals surface area contributed by atoms with E-state index in [-0.39, 0.29) is 68.6 Å². The third kappa shape index (κ3) is 27.0. The van der Waals surface area contributed by atoms with Crippen LogP contribution in [0.25, 0.3) is 0 Å². The predicted octanol–water partition coefficient (Wildman–Crippen LogP) is 4.35. The average Bonchev–Trinajstić information content (AvgIpc) is 2.95. The van der Waals surface area contributed by atoms with E-state index in [0.29, 0.717) is 39.3 Å². The Hall–Kier alpha value is -2.99. The SMILES string of the molecule is C.CCOC(=O)CCN.CCOC(=O)CCNCC(=O)OCc1ccccc1.Cl.O=C(CBr)OCc1ccccc1. The molecule has 0 unspecified atom stereocenters. The lowest BCUT2D eigenvalue weighted by atomic mass is 10.2. The maximum absolute atomic E-state index is 11.4. The van der Waals surface area contributed by atoms with Gasteiger partial charge in [-0.05, 0) is 25.0 Å². The van der Waals surface area contributed by atoms with Gasteiger partial charge in [0.1, 0.15) is 18.5 Å². The van der Waals surface area contributed by atoms with E-state index in [1.54, 1.807) is 13.8 Å². The number of hydrogen-bond donors (Lipinski definition) is 2. The molecule has 2 rings (SSSR count). The van der Waals surface area contributed by atoms with Gasteiger partial charge in [0.25, 0.3) is 0 Å². The topological polar surface area (TPSA) is 143 Å². The van der Waals surface area contributed by atoms with Crippen LogP contribution in [0.5, 0.6) is 0 Å². The highest BCUT2D eigenvalue weighted by Gasteiger charge is 2.05. The molecule has 12 heteroatoms. The van der Waals surface area contributed by atoms with Crippen molar-refractivity contribution >= 4 is 52.2 Å². The summed E-state index contributed by atoms with van der Waals surface area (Å²) in [5.74, 6) is -1.06. The summed E-state index contributed by atoms with van der Waals surface area (Å²) in [6.07, 6.45) is 0.577. The van der Waals surface area contributed by atoms with E-state index >= 15 is 0 Å². The van der Waals surface area contributed by atoms with Crippen LogP contribution < -0.4 is 11.1 Å². The summed E-state index contributed by atoms with van der Waals surface area (Å²) in [4.78, 5) is 43.5. The van der Waals surface area contributed by atoms with E-state index < -0.39 is 0 Å². The third-order valence-corrected chi connectivity index (χ3v) is 4.79. The summed E-state index contributed by atoms with van der Waals surface area (Å²) in [5.41, 5.74) is 7.01. The molecule has 0 heterocycles. The van der Waals surface area contributed by atoms with Crippen LogP contribution in [-0.4, -0.2) is 62.1 Å². The molecular formula is C29H44BrClN2O8. The summed E-state index contributed by atoms with van der Waals surface area (Å²) < 4.78 is 19.3. The van der Waals surface area contributed by atoms with Gasteiger partial charge in [-0.2, -0.15) is 0 Å². The normalized spacial score (nSPS) is 9.07. The lowest BCUT2D eigenvalue weighted by molar-refractivity contribution is -0.145. The van der Waals surface area contributed by atoms with Crippen LogP contribution in [0.2, 0.25) is 0 Å². The van der Waals surface area contributed by atoms with Crippen molar-refractivity contribution in [1.29, 1.82) is 0 Å². The van der Waals surface area contributed by atoms with Crippen molar-refractivity contribution in [3.63, 3.8) is 0 Å². The quantitative estimate of drug-likeness (QED) is 0.130. The molecule has 0 saturated carbocycles. The van der Waals surface area contributed by atoms with E-state index in [2.05, 4.69) is 26.0 Å². The Bertz CT molecular complexity index is 929. The molecule has 3 N–H and O–H groups in total. The molecule has 0 saturated heterocycles. The number of ether oxygens (including phenoxy) is 4. The lowest BCUT2D eigenvalue weighted by Crippen LogP contribution is -2.27. The summed E-state index contributed by atoms with van der Waals surface area (Å²) in [7, 11) is 0. The molecule has 0 spiro atoms. The van der Waals surface area contributed by atoms with Gasteiger partial charge in [0, 0.05) is 13.1 Å². The van der Waals surface area contributed by atoms with Gasteiger partial charge in [0.2, 0.25) is 0 Å². The Kier molecular flexibility index (Phi) is 31.1. The lowest BCUT2D eigenvalue weighted by Gasteiger charge is -2.06. The number of rotatable bonds is 14. The number of alkyl halides is 1. The Morgan fingerprint density at radius 1 is 0.707 bits per heavy atom. The zero-order valence-electron chi connectivity index (χ0n) is 23.0. The Labute approximate surface area is 258 Å². The van der Waals surface area contributed by atoms with Crippen LogP contribution in [0.15, 0.2) is 60.7 Å². The van der Waals surface area contributed by atoms with E-state index in [1.165, 1.54) is 0 Å². The van der Waals surface area contributed by atoms with Crippen molar-refractivity contribution in [3.8, 4) is 0 Å². The number of nitrogens with one attached hydrogen (secondary N) is 1. The smallest absolute Gasteiger partial charge is 0.320 e. The molecule has 0 atom stereocenters. The Morgan fingerprint density at radius 2 is 1.15 bits per heavy atom. The number of benzene rings is 2. The number of carbonyl (C=O) groups excluding carboxylic acids is 4. The van der Waals surface area contributed by atoms with Crippen molar-refractivity contribution in [2.24, 2.45) is 5.73 Å². The summed E-state index contributed by atoms with van der Waals surface area (Å²) in [6, 6.07) is 19.1. The molecule has 0 aliphatic carbocycles. The number of nitrogens with two attached hydrogens (primary N) is 1. The molecule has 2 aromatic rings. The average molecular weight is 664 g/mol.